The molecule has 4 nitrogen and oxygen atoms in total. The van der Waals surface area contributed by atoms with Crippen molar-refractivity contribution in [3.63, 3.8) is 0 Å². The molecule has 0 aliphatic heterocycles. The van der Waals surface area contributed by atoms with Crippen LogP contribution < -0.4 is 11.1 Å². The fraction of sp³-hybridized carbons (Fsp3) is 0.200. The van der Waals surface area contributed by atoms with Crippen LogP contribution in [-0.2, 0) is 0 Å². The van der Waals surface area contributed by atoms with Crippen LogP contribution in [0.2, 0.25) is 0 Å². The predicted octanol–water partition coefficient (Wildman–Crippen LogP) is 1.67. The molecule has 0 aromatic heterocycles. The Morgan fingerprint density at radius 3 is 3.00 bits per heavy atom. The first-order valence-electron chi connectivity index (χ1n) is 4.35. The molecular formula is C10H10BrN3O. The van der Waals surface area contributed by atoms with Crippen LogP contribution in [0.5, 0.6) is 0 Å². The Labute approximate surface area is 96.2 Å². The molecule has 0 aliphatic carbocycles. The lowest BCUT2D eigenvalue weighted by Gasteiger charge is -2.05. The van der Waals surface area contributed by atoms with E-state index in [1.165, 1.54) is 0 Å². The van der Waals surface area contributed by atoms with Crippen LogP contribution in [0.4, 0.5) is 5.69 Å². The molecule has 78 valence electrons. The molecule has 0 atom stereocenters. The van der Waals surface area contributed by atoms with Crippen LogP contribution in [-0.4, -0.2) is 12.5 Å². The van der Waals surface area contributed by atoms with Gasteiger partial charge in [0.2, 0.25) is 0 Å². The molecule has 1 aromatic rings. The normalized spacial score (nSPS) is 9.33. The van der Waals surface area contributed by atoms with Crippen molar-refractivity contribution in [3.05, 3.63) is 28.2 Å². The number of halogens is 1. The van der Waals surface area contributed by atoms with Gasteiger partial charge in [0.1, 0.15) is 0 Å². The van der Waals surface area contributed by atoms with Gasteiger partial charge in [0.25, 0.3) is 5.91 Å². The summed E-state index contributed by atoms with van der Waals surface area (Å²) in [5, 5.41) is 10.9. The largest absolute Gasteiger partial charge is 0.399 e. The number of nitrogens with zero attached hydrogens (tertiary/aromatic N) is 1. The van der Waals surface area contributed by atoms with Crippen molar-refractivity contribution in [3.8, 4) is 6.07 Å². The predicted molar refractivity (Wildman–Crippen MR) is 61.1 cm³/mol. The Balaban J connectivity index is 2.73. The maximum Gasteiger partial charge on any atom is 0.252 e. The minimum Gasteiger partial charge on any atom is -0.399 e. The van der Waals surface area contributed by atoms with Crippen LogP contribution in [0.1, 0.15) is 16.8 Å². The Hall–Kier alpha value is -1.54. The van der Waals surface area contributed by atoms with Crippen LogP contribution in [0, 0.1) is 11.3 Å². The number of benzene rings is 1. The molecule has 0 fully saturated rings. The lowest BCUT2D eigenvalue weighted by atomic mass is 10.2. The molecule has 0 saturated carbocycles. The van der Waals surface area contributed by atoms with Crippen molar-refractivity contribution in [2.24, 2.45) is 0 Å². The van der Waals surface area contributed by atoms with E-state index in [0.717, 1.165) is 0 Å². The van der Waals surface area contributed by atoms with Gasteiger partial charge in [-0.15, -0.1) is 0 Å². The molecule has 15 heavy (non-hydrogen) atoms. The number of amides is 1. The summed E-state index contributed by atoms with van der Waals surface area (Å²) in [5.74, 6) is -0.232. The summed E-state index contributed by atoms with van der Waals surface area (Å²) in [7, 11) is 0. The number of rotatable bonds is 3. The molecule has 0 radical (unpaired) electrons. The zero-order valence-corrected chi connectivity index (χ0v) is 9.54. The van der Waals surface area contributed by atoms with Gasteiger partial charge in [-0.1, -0.05) is 0 Å². The van der Waals surface area contributed by atoms with Gasteiger partial charge in [-0.05, 0) is 34.1 Å². The van der Waals surface area contributed by atoms with Gasteiger partial charge in [0.15, 0.2) is 0 Å². The molecule has 0 bridgehead atoms. The first-order chi connectivity index (χ1) is 7.15. The Morgan fingerprint density at radius 1 is 1.60 bits per heavy atom. The smallest absolute Gasteiger partial charge is 0.252 e. The number of hydrogen-bond acceptors (Lipinski definition) is 3. The molecule has 0 unspecified atom stereocenters. The highest BCUT2D eigenvalue weighted by Gasteiger charge is 2.09. The number of nitrogen functional groups attached to an aromatic ring is 1. The molecule has 1 rings (SSSR count). The minimum absolute atomic E-state index is 0.232. The summed E-state index contributed by atoms with van der Waals surface area (Å²) >= 11 is 3.26. The summed E-state index contributed by atoms with van der Waals surface area (Å²) in [4.78, 5) is 11.6. The van der Waals surface area contributed by atoms with E-state index in [9.17, 15) is 4.79 Å². The number of anilines is 1. The second kappa shape index (κ2) is 5.37. The van der Waals surface area contributed by atoms with Crippen molar-refractivity contribution < 1.29 is 4.79 Å². The first kappa shape index (κ1) is 11.5. The monoisotopic (exact) mass is 267 g/mol. The third-order valence-corrected chi connectivity index (χ3v) is 2.45. The minimum atomic E-state index is -0.232. The molecule has 0 aliphatic rings. The topological polar surface area (TPSA) is 78.9 Å². The molecule has 1 aromatic carbocycles. The standard InChI is InChI=1S/C10H10BrN3O/c11-9-3-2-7(13)6-8(9)10(15)14-5-1-4-12/h2-3,6H,1,5,13H2,(H,14,15). The fourth-order valence-corrected chi connectivity index (χ4v) is 1.47. The van der Waals surface area contributed by atoms with Gasteiger partial charge < -0.3 is 11.1 Å². The van der Waals surface area contributed by atoms with E-state index in [2.05, 4.69) is 21.2 Å². The maximum absolute atomic E-state index is 11.6. The van der Waals surface area contributed by atoms with Crippen molar-refractivity contribution in [1.29, 1.82) is 5.26 Å². The Morgan fingerprint density at radius 2 is 2.33 bits per heavy atom. The van der Waals surface area contributed by atoms with Gasteiger partial charge in [0, 0.05) is 16.7 Å². The van der Waals surface area contributed by atoms with Crippen LogP contribution >= 0.6 is 15.9 Å². The van der Waals surface area contributed by atoms with Crippen molar-refractivity contribution in [2.75, 3.05) is 12.3 Å². The quantitative estimate of drug-likeness (QED) is 0.646. The lowest BCUT2D eigenvalue weighted by Crippen LogP contribution is -2.24. The van der Waals surface area contributed by atoms with Gasteiger partial charge in [-0.3, -0.25) is 4.79 Å². The van der Waals surface area contributed by atoms with E-state index in [1.54, 1.807) is 18.2 Å². The van der Waals surface area contributed by atoms with Crippen LogP contribution in [0.25, 0.3) is 0 Å². The summed E-state index contributed by atoms with van der Waals surface area (Å²) in [6.45, 7) is 0.344. The third kappa shape index (κ3) is 3.26. The zero-order chi connectivity index (χ0) is 11.3. The second-order valence-electron chi connectivity index (χ2n) is 2.90. The van der Waals surface area contributed by atoms with E-state index in [1.807, 2.05) is 6.07 Å². The average molecular weight is 268 g/mol. The SMILES string of the molecule is N#CCCNC(=O)c1cc(N)ccc1Br. The number of carbonyl (C=O) groups is 1. The van der Waals surface area contributed by atoms with E-state index >= 15 is 0 Å². The Kier molecular flexibility index (Phi) is 4.13. The molecule has 0 saturated heterocycles. The van der Waals surface area contributed by atoms with Gasteiger partial charge in [0.05, 0.1) is 18.1 Å². The van der Waals surface area contributed by atoms with Crippen molar-refractivity contribution in [1.82, 2.24) is 5.32 Å². The summed E-state index contributed by atoms with van der Waals surface area (Å²) < 4.78 is 0.686. The zero-order valence-electron chi connectivity index (χ0n) is 7.96. The number of carbonyl (C=O) groups excluding carboxylic acids is 1. The summed E-state index contributed by atoms with van der Waals surface area (Å²) in [6, 6.07) is 6.96. The van der Waals surface area contributed by atoms with E-state index < -0.39 is 0 Å². The maximum atomic E-state index is 11.6. The average Bonchev–Trinajstić information content (AvgIpc) is 2.22. The second-order valence-corrected chi connectivity index (χ2v) is 3.76. The van der Waals surface area contributed by atoms with Crippen LogP contribution in [0.15, 0.2) is 22.7 Å². The van der Waals surface area contributed by atoms with E-state index in [0.29, 0.717) is 28.7 Å². The lowest BCUT2D eigenvalue weighted by molar-refractivity contribution is 0.0954. The number of nitrogens with one attached hydrogen (secondary N) is 1. The molecule has 0 heterocycles. The fourth-order valence-electron chi connectivity index (χ4n) is 1.04. The molecule has 1 amide bonds. The first-order valence-corrected chi connectivity index (χ1v) is 5.14. The molecule has 3 N–H and O–H groups in total. The number of nitriles is 1. The van der Waals surface area contributed by atoms with Gasteiger partial charge in [-0.25, -0.2) is 0 Å². The number of hydrogen-bond donors (Lipinski definition) is 2. The summed E-state index contributed by atoms with van der Waals surface area (Å²) in [5.41, 5.74) is 6.58. The van der Waals surface area contributed by atoms with E-state index in [-0.39, 0.29) is 5.91 Å². The van der Waals surface area contributed by atoms with Gasteiger partial charge >= 0.3 is 0 Å². The highest BCUT2D eigenvalue weighted by atomic mass is 79.9. The van der Waals surface area contributed by atoms with Crippen molar-refractivity contribution >= 4 is 27.5 Å². The van der Waals surface area contributed by atoms with Gasteiger partial charge in [-0.2, -0.15) is 5.26 Å². The van der Waals surface area contributed by atoms with E-state index in [4.69, 9.17) is 11.0 Å². The molecule has 0 spiro atoms. The summed E-state index contributed by atoms with van der Waals surface area (Å²) in [6.07, 6.45) is 0.297. The number of nitrogens with two attached hydrogens (primary N) is 1. The highest BCUT2D eigenvalue weighted by molar-refractivity contribution is 9.10. The Bertz CT molecular complexity index is 412. The molecule has 5 heteroatoms. The molecular weight excluding hydrogens is 258 g/mol. The third-order valence-electron chi connectivity index (χ3n) is 1.76. The van der Waals surface area contributed by atoms with Crippen LogP contribution in [0.3, 0.4) is 0 Å². The van der Waals surface area contributed by atoms with Crippen molar-refractivity contribution in [2.45, 2.75) is 6.42 Å². The highest BCUT2D eigenvalue weighted by Crippen LogP contribution is 2.19.